The second-order valence-electron chi connectivity index (χ2n) is 6.69. The highest BCUT2D eigenvalue weighted by Crippen LogP contribution is 2.17. The van der Waals surface area contributed by atoms with Crippen LogP contribution in [-0.4, -0.2) is 21.2 Å². The molecule has 2 N–H and O–H groups in total. The second kappa shape index (κ2) is 7.98. The van der Waals surface area contributed by atoms with E-state index in [-0.39, 0.29) is 11.6 Å². The quantitative estimate of drug-likeness (QED) is 0.550. The van der Waals surface area contributed by atoms with Crippen LogP contribution in [0.5, 0.6) is 0 Å². The first-order valence-electron chi connectivity index (χ1n) is 9.28. The normalized spacial score (nSPS) is 11.8. The zero-order chi connectivity index (χ0) is 20.2. The van der Waals surface area contributed by atoms with E-state index in [0.717, 1.165) is 5.69 Å². The fourth-order valence-electron chi connectivity index (χ4n) is 3.14. The molecule has 2 aromatic carbocycles. The highest BCUT2D eigenvalue weighted by Gasteiger charge is 2.24. The van der Waals surface area contributed by atoms with Crippen LogP contribution >= 0.6 is 0 Å². The average molecular weight is 384 g/mol. The van der Waals surface area contributed by atoms with E-state index in [2.05, 4.69) is 15.6 Å². The number of pyridine rings is 1. The van der Waals surface area contributed by atoms with Crippen molar-refractivity contribution in [3.63, 3.8) is 0 Å². The van der Waals surface area contributed by atoms with Gasteiger partial charge in [-0.25, -0.2) is 4.98 Å². The van der Waals surface area contributed by atoms with Crippen LogP contribution in [0.25, 0.3) is 5.65 Å². The third-order valence-corrected chi connectivity index (χ3v) is 4.64. The Morgan fingerprint density at radius 1 is 0.897 bits per heavy atom. The van der Waals surface area contributed by atoms with Crippen LogP contribution in [0.2, 0.25) is 0 Å². The molecule has 0 aliphatic rings. The Kier molecular flexibility index (Phi) is 5.07. The first kappa shape index (κ1) is 18.4. The van der Waals surface area contributed by atoms with Crippen LogP contribution in [0.15, 0.2) is 85.1 Å². The summed E-state index contributed by atoms with van der Waals surface area (Å²) in [6.07, 6.45) is 1.68. The fourth-order valence-corrected chi connectivity index (χ4v) is 3.14. The molecule has 2 heterocycles. The molecule has 0 radical (unpaired) electrons. The van der Waals surface area contributed by atoms with Crippen molar-refractivity contribution in [2.75, 3.05) is 5.32 Å². The van der Waals surface area contributed by atoms with Crippen LogP contribution in [0, 0.1) is 6.92 Å². The number of anilines is 1. The molecule has 0 saturated carbocycles. The maximum atomic E-state index is 13.0. The minimum Gasteiger partial charge on any atom is -0.335 e. The van der Waals surface area contributed by atoms with E-state index in [1.165, 1.54) is 0 Å². The first-order chi connectivity index (χ1) is 14.1. The van der Waals surface area contributed by atoms with Crippen molar-refractivity contribution in [3.05, 3.63) is 102 Å². The summed E-state index contributed by atoms with van der Waals surface area (Å²) in [5.41, 5.74) is 3.26. The Labute approximate surface area is 168 Å². The standard InChI is InChI=1S/C23H20N4O2/c1-16-9-8-14-20-25-19(15-27(16)20)22(28)26-21(17-10-4-2-5-11-17)23(29)24-18-12-6-3-7-13-18/h2-15,21H,1H3,(H,24,29)(H,26,28). The third kappa shape index (κ3) is 4.01. The smallest absolute Gasteiger partial charge is 0.272 e. The van der Waals surface area contributed by atoms with Gasteiger partial charge in [-0.05, 0) is 36.8 Å². The summed E-state index contributed by atoms with van der Waals surface area (Å²) < 4.78 is 1.84. The molecular formula is C23H20N4O2. The van der Waals surface area contributed by atoms with Gasteiger partial charge in [-0.1, -0.05) is 54.6 Å². The van der Waals surface area contributed by atoms with Crippen LogP contribution in [-0.2, 0) is 4.79 Å². The Hall–Kier alpha value is -3.93. The molecule has 2 amide bonds. The average Bonchev–Trinajstić information content (AvgIpc) is 3.19. The molecule has 0 fully saturated rings. The van der Waals surface area contributed by atoms with E-state index >= 15 is 0 Å². The lowest BCUT2D eigenvalue weighted by atomic mass is 10.1. The Morgan fingerprint density at radius 2 is 1.59 bits per heavy atom. The number of nitrogens with zero attached hydrogens (tertiary/aromatic N) is 2. The summed E-state index contributed by atoms with van der Waals surface area (Å²) >= 11 is 0. The molecule has 4 aromatic rings. The molecular weight excluding hydrogens is 364 g/mol. The third-order valence-electron chi connectivity index (χ3n) is 4.64. The number of rotatable bonds is 5. The maximum absolute atomic E-state index is 13.0. The summed E-state index contributed by atoms with van der Waals surface area (Å²) in [5.74, 6) is -0.735. The summed E-state index contributed by atoms with van der Waals surface area (Å²) in [5, 5.41) is 5.68. The maximum Gasteiger partial charge on any atom is 0.272 e. The highest BCUT2D eigenvalue weighted by molar-refractivity contribution is 6.01. The predicted octanol–water partition coefficient (Wildman–Crippen LogP) is 3.75. The van der Waals surface area contributed by atoms with E-state index < -0.39 is 11.9 Å². The molecule has 1 atom stereocenters. The summed E-state index contributed by atoms with van der Waals surface area (Å²) in [7, 11) is 0. The number of hydrogen-bond donors (Lipinski definition) is 2. The van der Waals surface area contributed by atoms with Gasteiger partial charge in [-0.3, -0.25) is 9.59 Å². The molecule has 0 aliphatic carbocycles. The SMILES string of the molecule is Cc1cccc2nc(C(=O)NC(C(=O)Nc3ccccc3)c3ccccc3)cn12. The number of benzene rings is 2. The molecule has 1 unspecified atom stereocenters. The molecule has 6 heteroatoms. The number of aryl methyl sites for hydroxylation is 1. The minimum absolute atomic E-state index is 0.257. The van der Waals surface area contributed by atoms with Gasteiger partial charge in [0.1, 0.15) is 17.4 Å². The number of imidazole rings is 1. The van der Waals surface area contributed by atoms with Gasteiger partial charge in [0.15, 0.2) is 0 Å². The number of hydrogen-bond acceptors (Lipinski definition) is 3. The number of carbonyl (C=O) groups excluding carboxylic acids is 2. The Morgan fingerprint density at radius 3 is 2.28 bits per heavy atom. The van der Waals surface area contributed by atoms with Crippen LogP contribution in [0.4, 0.5) is 5.69 Å². The van der Waals surface area contributed by atoms with Crippen molar-refractivity contribution in [1.29, 1.82) is 0 Å². The van der Waals surface area contributed by atoms with Crippen LogP contribution < -0.4 is 10.6 Å². The van der Waals surface area contributed by atoms with Crippen molar-refractivity contribution >= 4 is 23.1 Å². The van der Waals surface area contributed by atoms with Gasteiger partial charge in [0.25, 0.3) is 11.8 Å². The van der Waals surface area contributed by atoms with E-state index in [1.54, 1.807) is 18.3 Å². The number of aromatic nitrogens is 2. The van der Waals surface area contributed by atoms with Crippen molar-refractivity contribution in [3.8, 4) is 0 Å². The zero-order valence-corrected chi connectivity index (χ0v) is 15.9. The van der Waals surface area contributed by atoms with E-state index in [9.17, 15) is 9.59 Å². The van der Waals surface area contributed by atoms with Gasteiger partial charge in [0.05, 0.1) is 0 Å². The van der Waals surface area contributed by atoms with Crippen molar-refractivity contribution in [1.82, 2.24) is 14.7 Å². The lowest BCUT2D eigenvalue weighted by Gasteiger charge is -2.18. The molecule has 2 aromatic heterocycles. The van der Waals surface area contributed by atoms with E-state index in [1.807, 2.05) is 78.1 Å². The minimum atomic E-state index is -0.852. The predicted molar refractivity (Wildman–Crippen MR) is 112 cm³/mol. The molecule has 29 heavy (non-hydrogen) atoms. The summed E-state index contributed by atoms with van der Waals surface area (Å²) in [6, 6.07) is 23.1. The van der Waals surface area contributed by atoms with Gasteiger partial charge in [0.2, 0.25) is 0 Å². The summed E-state index contributed by atoms with van der Waals surface area (Å²) in [6.45, 7) is 1.94. The monoisotopic (exact) mass is 384 g/mol. The zero-order valence-electron chi connectivity index (χ0n) is 15.9. The molecule has 4 rings (SSSR count). The van der Waals surface area contributed by atoms with Crippen LogP contribution in [0.3, 0.4) is 0 Å². The van der Waals surface area contributed by atoms with E-state index in [0.29, 0.717) is 16.9 Å². The number of amides is 2. The molecule has 0 saturated heterocycles. The number of para-hydroxylation sites is 1. The number of carbonyl (C=O) groups is 2. The van der Waals surface area contributed by atoms with E-state index in [4.69, 9.17) is 0 Å². The van der Waals surface area contributed by atoms with Crippen LogP contribution in [0.1, 0.15) is 27.8 Å². The highest BCUT2D eigenvalue weighted by atomic mass is 16.2. The lowest BCUT2D eigenvalue weighted by Crippen LogP contribution is -2.37. The fraction of sp³-hybridized carbons (Fsp3) is 0.0870. The Balaban J connectivity index is 1.61. The largest absolute Gasteiger partial charge is 0.335 e. The number of fused-ring (bicyclic) bond motifs is 1. The number of nitrogens with one attached hydrogen (secondary N) is 2. The van der Waals surface area contributed by atoms with Gasteiger partial charge in [0, 0.05) is 17.6 Å². The topological polar surface area (TPSA) is 75.5 Å². The summed E-state index contributed by atoms with van der Waals surface area (Å²) in [4.78, 5) is 30.2. The first-order valence-corrected chi connectivity index (χ1v) is 9.28. The molecule has 0 spiro atoms. The van der Waals surface area contributed by atoms with Gasteiger partial charge in [-0.2, -0.15) is 0 Å². The van der Waals surface area contributed by atoms with Crippen molar-refractivity contribution < 1.29 is 9.59 Å². The molecule has 144 valence electrons. The molecule has 0 aliphatic heterocycles. The van der Waals surface area contributed by atoms with Gasteiger partial charge in [-0.15, -0.1) is 0 Å². The van der Waals surface area contributed by atoms with Gasteiger partial charge >= 0.3 is 0 Å². The Bertz CT molecular complexity index is 1150. The van der Waals surface area contributed by atoms with Gasteiger partial charge < -0.3 is 15.0 Å². The second-order valence-corrected chi connectivity index (χ2v) is 6.69. The molecule has 0 bridgehead atoms. The van der Waals surface area contributed by atoms with Crippen molar-refractivity contribution in [2.24, 2.45) is 0 Å². The van der Waals surface area contributed by atoms with Crippen molar-refractivity contribution in [2.45, 2.75) is 13.0 Å². The lowest BCUT2D eigenvalue weighted by molar-refractivity contribution is -0.118. The molecule has 6 nitrogen and oxygen atoms in total.